The van der Waals surface area contributed by atoms with Crippen LogP contribution in [0.1, 0.15) is 49.4 Å². The number of hydrogen-bond acceptors (Lipinski definition) is 3. The number of carbonyl (C=O) groups is 3. The second-order valence-electron chi connectivity index (χ2n) is 7.50. The molecule has 0 radical (unpaired) electrons. The van der Waals surface area contributed by atoms with E-state index in [0.29, 0.717) is 24.2 Å². The molecule has 0 aromatic heterocycles. The van der Waals surface area contributed by atoms with E-state index in [1.54, 1.807) is 31.2 Å². The summed E-state index contributed by atoms with van der Waals surface area (Å²) in [5.41, 5.74) is 0.255. The smallest absolute Gasteiger partial charge is 0.321 e. The number of carbonyl (C=O) groups excluding carboxylic acids is 2. The van der Waals surface area contributed by atoms with Gasteiger partial charge in [0.25, 0.3) is 5.91 Å². The Hall–Kier alpha value is -2.57. The molecule has 1 saturated carbocycles. The molecule has 26 heavy (non-hydrogen) atoms. The van der Waals surface area contributed by atoms with E-state index in [1.165, 1.54) is 4.90 Å². The number of hydrogen-bond donors (Lipinski definition) is 3. The number of benzene rings is 1. The topological polar surface area (TPSA) is 98.7 Å². The van der Waals surface area contributed by atoms with Crippen molar-refractivity contribution < 1.29 is 19.5 Å². The molecule has 2 fully saturated rings. The number of rotatable bonds is 4. The molecular weight excluding hydrogens is 334 g/mol. The maximum absolute atomic E-state index is 12.3. The van der Waals surface area contributed by atoms with E-state index in [0.717, 1.165) is 25.7 Å². The number of anilines is 1. The predicted octanol–water partition coefficient (Wildman–Crippen LogP) is 2.69. The number of nitrogens with one attached hydrogen (secondary N) is 2. The highest BCUT2D eigenvalue weighted by molar-refractivity contribution is 5.96. The van der Waals surface area contributed by atoms with Crippen LogP contribution in [0, 0.1) is 5.41 Å². The van der Waals surface area contributed by atoms with Crippen LogP contribution in [0.25, 0.3) is 0 Å². The van der Waals surface area contributed by atoms with E-state index in [4.69, 9.17) is 0 Å². The van der Waals surface area contributed by atoms with E-state index in [9.17, 15) is 19.5 Å². The van der Waals surface area contributed by atoms with Crippen LogP contribution in [0.3, 0.4) is 0 Å². The standard InChI is InChI=1S/C19H25N3O4/c1-19(17(24)25)10-11-22(12-19)18(26)21-15-8-6-13(7-9-15)16(23)20-14-4-2-3-5-14/h6-9,14H,2-5,10-12H2,1H3,(H,20,23)(H,21,26)(H,24,25). The second-order valence-corrected chi connectivity index (χ2v) is 7.50. The average Bonchev–Trinajstić information content (AvgIpc) is 3.26. The van der Waals surface area contributed by atoms with Gasteiger partial charge in [0.05, 0.1) is 5.41 Å². The molecule has 1 aromatic carbocycles. The summed E-state index contributed by atoms with van der Waals surface area (Å²) in [4.78, 5) is 37.3. The maximum Gasteiger partial charge on any atom is 0.321 e. The van der Waals surface area contributed by atoms with Gasteiger partial charge in [0.15, 0.2) is 0 Å². The van der Waals surface area contributed by atoms with E-state index >= 15 is 0 Å². The van der Waals surface area contributed by atoms with Crippen molar-refractivity contribution in [1.82, 2.24) is 10.2 Å². The largest absolute Gasteiger partial charge is 0.481 e. The SMILES string of the molecule is CC1(C(=O)O)CCN(C(=O)Nc2ccc(C(=O)NC3CCCC3)cc2)C1. The molecule has 7 heteroatoms. The Balaban J connectivity index is 1.55. The van der Waals surface area contributed by atoms with Gasteiger partial charge in [-0.05, 0) is 50.5 Å². The predicted molar refractivity (Wildman–Crippen MR) is 97.1 cm³/mol. The molecule has 3 rings (SSSR count). The van der Waals surface area contributed by atoms with Gasteiger partial charge in [-0.1, -0.05) is 12.8 Å². The van der Waals surface area contributed by atoms with Gasteiger partial charge >= 0.3 is 12.0 Å². The van der Waals surface area contributed by atoms with Crippen molar-refractivity contribution in [3.8, 4) is 0 Å². The van der Waals surface area contributed by atoms with Gasteiger partial charge in [-0.2, -0.15) is 0 Å². The first kappa shape index (κ1) is 18.2. The molecule has 7 nitrogen and oxygen atoms in total. The molecule has 1 aliphatic carbocycles. The van der Waals surface area contributed by atoms with Crippen LogP contribution in [-0.2, 0) is 4.79 Å². The summed E-state index contributed by atoms with van der Waals surface area (Å²) < 4.78 is 0. The number of amides is 3. The molecule has 1 heterocycles. The number of likely N-dealkylation sites (tertiary alicyclic amines) is 1. The molecule has 1 saturated heterocycles. The lowest BCUT2D eigenvalue weighted by Gasteiger charge is -2.20. The molecule has 2 aliphatic rings. The number of carboxylic acids is 1. The van der Waals surface area contributed by atoms with Crippen molar-refractivity contribution in [2.45, 2.75) is 45.1 Å². The first-order valence-corrected chi connectivity index (χ1v) is 9.08. The van der Waals surface area contributed by atoms with E-state index in [1.807, 2.05) is 0 Å². The van der Waals surface area contributed by atoms with Crippen molar-refractivity contribution >= 4 is 23.6 Å². The Kier molecular flexibility index (Phi) is 5.15. The fourth-order valence-electron chi connectivity index (χ4n) is 3.56. The third-order valence-electron chi connectivity index (χ3n) is 5.37. The minimum atomic E-state index is -0.889. The summed E-state index contributed by atoms with van der Waals surface area (Å²) in [5.74, 6) is -0.975. The van der Waals surface area contributed by atoms with Gasteiger partial charge in [0.2, 0.25) is 0 Å². The molecule has 1 atom stereocenters. The highest BCUT2D eigenvalue weighted by Gasteiger charge is 2.42. The molecule has 0 bridgehead atoms. The number of nitrogens with zero attached hydrogens (tertiary/aromatic N) is 1. The number of urea groups is 1. The molecule has 3 amide bonds. The monoisotopic (exact) mass is 359 g/mol. The molecule has 3 N–H and O–H groups in total. The van der Waals surface area contributed by atoms with E-state index in [-0.39, 0.29) is 24.5 Å². The first-order chi connectivity index (χ1) is 12.4. The number of aliphatic carboxylic acids is 1. The molecule has 1 aliphatic heterocycles. The molecule has 1 aromatic rings. The Morgan fingerprint density at radius 3 is 2.38 bits per heavy atom. The number of carboxylic acid groups (broad SMARTS) is 1. The van der Waals surface area contributed by atoms with Gasteiger partial charge in [-0.25, -0.2) is 4.79 Å². The second kappa shape index (κ2) is 7.35. The zero-order valence-electron chi connectivity index (χ0n) is 15.0. The molecule has 140 valence electrons. The molecular formula is C19H25N3O4. The lowest BCUT2D eigenvalue weighted by atomic mass is 9.90. The Labute approximate surface area is 152 Å². The van der Waals surface area contributed by atoms with Gasteiger partial charge in [0.1, 0.15) is 0 Å². The van der Waals surface area contributed by atoms with Crippen LogP contribution in [0.5, 0.6) is 0 Å². The highest BCUT2D eigenvalue weighted by Crippen LogP contribution is 2.30. The van der Waals surface area contributed by atoms with Crippen LogP contribution in [-0.4, -0.2) is 47.0 Å². The summed E-state index contributed by atoms with van der Waals surface area (Å²) in [6, 6.07) is 6.69. The van der Waals surface area contributed by atoms with Gasteiger partial charge < -0.3 is 20.6 Å². The first-order valence-electron chi connectivity index (χ1n) is 9.08. The van der Waals surface area contributed by atoms with Crippen LogP contribution in [0.2, 0.25) is 0 Å². The van der Waals surface area contributed by atoms with Crippen molar-refractivity contribution in [2.75, 3.05) is 18.4 Å². The van der Waals surface area contributed by atoms with Gasteiger partial charge in [-0.15, -0.1) is 0 Å². The highest BCUT2D eigenvalue weighted by atomic mass is 16.4. The zero-order valence-corrected chi connectivity index (χ0v) is 15.0. The Morgan fingerprint density at radius 2 is 1.81 bits per heavy atom. The quantitative estimate of drug-likeness (QED) is 0.770. The van der Waals surface area contributed by atoms with Crippen molar-refractivity contribution in [1.29, 1.82) is 0 Å². The molecule has 1 unspecified atom stereocenters. The van der Waals surface area contributed by atoms with Crippen LogP contribution in [0.4, 0.5) is 10.5 Å². The lowest BCUT2D eigenvalue weighted by Crippen LogP contribution is -2.37. The van der Waals surface area contributed by atoms with Crippen molar-refractivity contribution in [2.24, 2.45) is 5.41 Å². The minimum absolute atomic E-state index is 0.0912. The summed E-state index contributed by atoms with van der Waals surface area (Å²) in [6.45, 7) is 2.26. The normalized spacial score (nSPS) is 23.0. The lowest BCUT2D eigenvalue weighted by molar-refractivity contribution is -0.146. The van der Waals surface area contributed by atoms with E-state index in [2.05, 4.69) is 10.6 Å². The van der Waals surface area contributed by atoms with Gasteiger partial charge in [0, 0.05) is 30.4 Å². The van der Waals surface area contributed by atoms with Crippen LogP contribution >= 0.6 is 0 Å². The fraction of sp³-hybridized carbons (Fsp3) is 0.526. The Morgan fingerprint density at radius 1 is 1.15 bits per heavy atom. The summed E-state index contributed by atoms with van der Waals surface area (Å²) in [5, 5.41) is 15.0. The third-order valence-corrected chi connectivity index (χ3v) is 5.37. The van der Waals surface area contributed by atoms with Crippen molar-refractivity contribution in [3.05, 3.63) is 29.8 Å². The summed E-state index contributed by atoms with van der Waals surface area (Å²) in [6.07, 6.45) is 4.83. The van der Waals surface area contributed by atoms with E-state index < -0.39 is 11.4 Å². The van der Waals surface area contributed by atoms with Crippen LogP contribution < -0.4 is 10.6 Å². The summed E-state index contributed by atoms with van der Waals surface area (Å²) >= 11 is 0. The fourth-order valence-corrected chi connectivity index (χ4v) is 3.56. The maximum atomic E-state index is 12.3. The molecule has 0 spiro atoms. The zero-order chi connectivity index (χ0) is 18.7. The summed E-state index contributed by atoms with van der Waals surface area (Å²) in [7, 11) is 0. The minimum Gasteiger partial charge on any atom is -0.481 e. The average molecular weight is 359 g/mol. The van der Waals surface area contributed by atoms with Crippen LogP contribution in [0.15, 0.2) is 24.3 Å². The van der Waals surface area contributed by atoms with Crippen molar-refractivity contribution in [3.63, 3.8) is 0 Å². The Bertz CT molecular complexity index is 697. The van der Waals surface area contributed by atoms with Gasteiger partial charge in [-0.3, -0.25) is 9.59 Å². The third kappa shape index (κ3) is 3.98.